The van der Waals surface area contributed by atoms with Gasteiger partial charge in [0.2, 0.25) is 5.91 Å². The summed E-state index contributed by atoms with van der Waals surface area (Å²) in [6.45, 7) is 1.73. The summed E-state index contributed by atoms with van der Waals surface area (Å²) >= 11 is 13.4. The van der Waals surface area contributed by atoms with E-state index in [9.17, 15) is 9.59 Å². The molecule has 31 heavy (non-hydrogen) atoms. The number of thioether (sulfide) groups is 1. The number of anilines is 1. The van der Waals surface area contributed by atoms with Crippen LogP contribution in [0.15, 0.2) is 76.8 Å². The summed E-state index contributed by atoms with van der Waals surface area (Å²) in [4.78, 5) is 34.7. The fourth-order valence-electron chi connectivity index (χ4n) is 2.96. The highest BCUT2D eigenvalue weighted by Gasteiger charge is 2.21. The lowest BCUT2D eigenvalue weighted by Gasteiger charge is -2.17. The zero-order chi connectivity index (χ0) is 22.0. The number of fused-ring (bicyclic) bond motifs is 1. The monoisotopic (exact) mass is 470 g/mol. The third kappa shape index (κ3) is 4.58. The molecular weight excluding hydrogens is 455 g/mol. The van der Waals surface area contributed by atoms with Gasteiger partial charge in [-0.2, -0.15) is 0 Å². The normalized spacial score (nSPS) is 12.0. The number of pyridine rings is 1. The number of nitrogens with zero attached hydrogens (tertiary/aromatic N) is 3. The number of para-hydroxylation sites is 1. The molecule has 0 bridgehead atoms. The van der Waals surface area contributed by atoms with Crippen molar-refractivity contribution in [2.24, 2.45) is 0 Å². The summed E-state index contributed by atoms with van der Waals surface area (Å²) < 4.78 is 1.47. The molecule has 0 saturated carbocycles. The first kappa shape index (κ1) is 21.4. The lowest BCUT2D eigenvalue weighted by molar-refractivity contribution is -0.115. The Kier molecular flexibility index (Phi) is 6.27. The molecule has 0 aliphatic heterocycles. The number of carbonyl (C=O) groups is 1. The smallest absolute Gasteiger partial charge is 0.266 e. The molecule has 0 saturated heterocycles. The fourth-order valence-corrected chi connectivity index (χ4v) is 4.24. The van der Waals surface area contributed by atoms with Crippen LogP contribution in [0.1, 0.15) is 6.92 Å². The first-order valence-electron chi connectivity index (χ1n) is 9.30. The number of hydrogen-bond acceptors (Lipinski definition) is 5. The Morgan fingerprint density at radius 3 is 2.68 bits per heavy atom. The van der Waals surface area contributed by atoms with Crippen molar-refractivity contribution in [3.05, 3.63) is 87.4 Å². The molecule has 156 valence electrons. The van der Waals surface area contributed by atoms with Crippen molar-refractivity contribution in [3.63, 3.8) is 0 Å². The predicted octanol–water partition coefficient (Wildman–Crippen LogP) is 5.21. The van der Waals surface area contributed by atoms with Crippen LogP contribution in [0.5, 0.6) is 0 Å². The average molecular weight is 471 g/mol. The Balaban J connectivity index is 1.74. The maximum absolute atomic E-state index is 13.3. The number of rotatable bonds is 5. The van der Waals surface area contributed by atoms with Gasteiger partial charge in [-0.3, -0.25) is 14.2 Å². The van der Waals surface area contributed by atoms with E-state index >= 15 is 0 Å². The summed E-state index contributed by atoms with van der Waals surface area (Å²) in [5, 5.41) is 3.74. The van der Waals surface area contributed by atoms with Gasteiger partial charge in [-0.1, -0.05) is 53.2 Å². The van der Waals surface area contributed by atoms with Gasteiger partial charge in [-0.25, -0.2) is 9.97 Å². The maximum atomic E-state index is 13.3. The minimum Gasteiger partial charge on any atom is -0.322 e. The lowest BCUT2D eigenvalue weighted by Crippen LogP contribution is -2.26. The number of halogens is 2. The minimum atomic E-state index is -0.574. The highest BCUT2D eigenvalue weighted by Crippen LogP contribution is 2.27. The van der Waals surface area contributed by atoms with Gasteiger partial charge in [0.25, 0.3) is 5.56 Å². The second-order valence-electron chi connectivity index (χ2n) is 6.62. The molecule has 0 radical (unpaired) electrons. The van der Waals surface area contributed by atoms with Crippen LogP contribution in [0.2, 0.25) is 10.2 Å². The van der Waals surface area contributed by atoms with Gasteiger partial charge in [-0.15, -0.1) is 0 Å². The van der Waals surface area contributed by atoms with Crippen molar-refractivity contribution in [1.82, 2.24) is 14.5 Å². The third-order valence-corrected chi connectivity index (χ3v) is 6.07. The number of nitrogens with one attached hydrogen (secondary N) is 1. The second kappa shape index (κ2) is 9.09. The Morgan fingerprint density at radius 2 is 1.90 bits per heavy atom. The van der Waals surface area contributed by atoms with Crippen LogP contribution in [0, 0.1) is 0 Å². The van der Waals surface area contributed by atoms with Crippen molar-refractivity contribution < 1.29 is 4.79 Å². The summed E-state index contributed by atoms with van der Waals surface area (Å²) in [6, 6.07) is 17.4. The van der Waals surface area contributed by atoms with Crippen LogP contribution in [-0.4, -0.2) is 25.7 Å². The molecule has 1 atom stereocenters. The SMILES string of the molecule is CC(Sc1nc2ccccc2c(=O)n1-c1cccc(Cl)c1)C(=O)Nc1cccnc1Cl. The largest absolute Gasteiger partial charge is 0.322 e. The van der Waals surface area contributed by atoms with Crippen LogP contribution in [0.4, 0.5) is 5.69 Å². The molecule has 0 spiro atoms. The minimum absolute atomic E-state index is 0.202. The molecular formula is C22H16Cl2N4O2S. The van der Waals surface area contributed by atoms with Gasteiger partial charge in [0.05, 0.1) is 27.5 Å². The molecule has 2 aromatic heterocycles. The van der Waals surface area contributed by atoms with E-state index in [4.69, 9.17) is 23.2 Å². The Hall–Kier alpha value is -2.87. The maximum Gasteiger partial charge on any atom is 0.266 e. The predicted molar refractivity (Wildman–Crippen MR) is 126 cm³/mol. The quantitative estimate of drug-likeness (QED) is 0.246. The molecule has 1 unspecified atom stereocenters. The van der Waals surface area contributed by atoms with Gasteiger partial charge >= 0.3 is 0 Å². The van der Waals surface area contributed by atoms with Crippen molar-refractivity contribution in [2.45, 2.75) is 17.3 Å². The van der Waals surface area contributed by atoms with E-state index in [0.717, 1.165) is 0 Å². The van der Waals surface area contributed by atoms with Crippen molar-refractivity contribution >= 4 is 57.5 Å². The van der Waals surface area contributed by atoms with Crippen molar-refractivity contribution in [2.75, 3.05) is 5.32 Å². The first-order chi connectivity index (χ1) is 14.9. The molecule has 1 N–H and O–H groups in total. The zero-order valence-electron chi connectivity index (χ0n) is 16.3. The van der Waals surface area contributed by atoms with Crippen LogP contribution in [0.25, 0.3) is 16.6 Å². The molecule has 1 amide bonds. The summed E-state index contributed by atoms with van der Waals surface area (Å²) in [5.74, 6) is -0.292. The molecule has 0 aliphatic rings. The van der Waals surface area contributed by atoms with E-state index in [1.807, 2.05) is 6.07 Å². The average Bonchev–Trinajstić information content (AvgIpc) is 2.75. The highest BCUT2D eigenvalue weighted by molar-refractivity contribution is 8.00. The number of benzene rings is 2. The fraction of sp³-hybridized carbons (Fsp3) is 0.0909. The zero-order valence-corrected chi connectivity index (χ0v) is 18.6. The van der Waals surface area contributed by atoms with E-state index in [0.29, 0.717) is 32.5 Å². The van der Waals surface area contributed by atoms with E-state index in [-0.39, 0.29) is 16.6 Å². The van der Waals surface area contributed by atoms with Crippen LogP contribution in [-0.2, 0) is 4.79 Å². The summed E-state index contributed by atoms with van der Waals surface area (Å²) in [6.07, 6.45) is 1.54. The number of carbonyl (C=O) groups excluding carboxylic acids is 1. The lowest BCUT2D eigenvalue weighted by atomic mass is 10.2. The summed E-state index contributed by atoms with van der Waals surface area (Å²) in [7, 11) is 0. The summed E-state index contributed by atoms with van der Waals surface area (Å²) in [5.41, 5.74) is 1.30. The van der Waals surface area contributed by atoms with E-state index < -0.39 is 5.25 Å². The van der Waals surface area contributed by atoms with Gasteiger partial charge in [-0.05, 0) is 49.4 Å². The molecule has 9 heteroatoms. The molecule has 2 aromatic carbocycles. The Morgan fingerprint density at radius 1 is 1.10 bits per heavy atom. The molecule has 2 heterocycles. The molecule has 4 rings (SSSR count). The second-order valence-corrected chi connectivity index (χ2v) is 8.73. The first-order valence-corrected chi connectivity index (χ1v) is 10.9. The van der Waals surface area contributed by atoms with Gasteiger partial charge in [0, 0.05) is 11.2 Å². The topological polar surface area (TPSA) is 76.9 Å². The molecule has 0 fully saturated rings. The van der Waals surface area contributed by atoms with Crippen molar-refractivity contribution in [3.8, 4) is 5.69 Å². The molecule has 0 aliphatic carbocycles. The third-order valence-electron chi connectivity index (χ3n) is 4.48. The van der Waals surface area contributed by atoms with E-state index in [1.54, 1.807) is 67.7 Å². The standard InChI is InChI=1S/C22H16Cl2N4O2S/c1-13(20(29)26-18-10-5-11-25-19(18)24)31-22-27-17-9-3-2-8-16(17)21(30)28(22)15-7-4-6-14(23)12-15/h2-13H,1H3,(H,26,29). The van der Waals surface area contributed by atoms with E-state index in [2.05, 4.69) is 15.3 Å². The van der Waals surface area contributed by atoms with Gasteiger partial charge in [0.15, 0.2) is 10.3 Å². The Labute approximate surface area is 192 Å². The van der Waals surface area contributed by atoms with E-state index in [1.165, 1.54) is 16.3 Å². The number of hydrogen-bond donors (Lipinski definition) is 1. The molecule has 4 aromatic rings. The van der Waals surface area contributed by atoms with Gasteiger partial charge < -0.3 is 5.32 Å². The van der Waals surface area contributed by atoms with Crippen LogP contribution < -0.4 is 10.9 Å². The number of aromatic nitrogens is 3. The number of amides is 1. The van der Waals surface area contributed by atoms with Gasteiger partial charge in [0.1, 0.15) is 0 Å². The highest BCUT2D eigenvalue weighted by atomic mass is 35.5. The van der Waals surface area contributed by atoms with Crippen LogP contribution in [0.3, 0.4) is 0 Å². The van der Waals surface area contributed by atoms with Crippen LogP contribution >= 0.6 is 35.0 Å². The van der Waals surface area contributed by atoms with Crippen molar-refractivity contribution in [1.29, 1.82) is 0 Å². The molecule has 6 nitrogen and oxygen atoms in total. The Bertz CT molecular complexity index is 1340.